The first-order valence-corrected chi connectivity index (χ1v) is 21.2. The topological polar surface area (TPSA) is 794 Å². The van der Waals surface area contributed by atoms with Gasteiger partial charge in [0, 0.05) is 168 Å². The van der Waals surface area contributed by atoms with Crippen LogP contribution in [0.2, 0.25) is 0 Å². The summed E-state index contributed by atoms with van der Waals surface area (Å²) in [6, 6.07) is 0. The summed E-state index contributed by atoms with van der Waals surface area (Å²) in [7, 11) is 0. The summed E-state index contributed by atoms with van der Waals surface area (Å²) in [5.74, 6) is -16.3. The molecule has 0 radical (unpaired) electrons. The average molecular weight is 1510 g/mol. The number of carboxylic acid groups (broad SMARTS) is 15. The van der Waals surface area contributed by atoms with Crippen molar-refractivity contribution in [1.29, 1.82) is 0 Å². The van der Waals surface area contributed by atoms with Gasteiger partial charge in [0.05, 0.1) is 0 Å². The number of nitrogens with two attached hydrogens (primary N) is 6. The van der Waals surface area contributed by atoms with E-state index in [2.05, 4.69) is 16.0 Å². The van der Waals surface area contributed by atoms with Gasteiger partial charge >= 0.3 is 85.3 Å². The van der Waals surface area contributed by atoms with Gasteiger partial charge in [-0.15, -0.1) is 0 Å². The summed E-state index contributed by atoms with van der Waals surface area (Å²) in [5.41, 5.74) is 31.0. The number of carbonyl (C=O) groups excluding carboxylic acids is 15. The van der Waals surface area contributed by atoms with Gasteiger partial charge < -0.3 is 199 Å². The molecule has 0 heterocycles. The van der Waals surface area contributed by atoms with Gasteiger partial charge in [-0.25, -0.2) is 0 Å². The molecule has 532 valence electrons. The van der Waals surface area contributed by atoms with Gasteiger partial charge in [-0.3, -0.25) is 0 Å². The predicted molar refractivity (Wildman–Crippen MR) is 253 cm³/mol. The van der Waals surface area contributed by atoms with Crippen LogP contribution in [0.15, 0.2) is 0 Å². The summed E-state index contributed by atoms with van der Waals surface area (Å²) in [4.78, 5) is 133. The monoisotopic (exact) mass is 1510 g/mol. The fraction of sp³-hybridized carbons (Fsp3) is 0.643. The molecule has 0 aromatic rings. The van der Waals surface area contributed by atoms with Gasteiger partial charge in [-0.05, 0) is 104 Å². The third-order valence-electron chi connectivity index (χ3n) is 1.93. The van der Waals surface area contributed by atoms with E-state index in [-0.39, 0.29) is 85.3 Å². The van der Waals surface area contributed by atoms with Crippen LogP contribution in [-0.4, -0.2) is 168 Å². The minimum Gasteiger partial charge on any atom is -0.550 e. The van der Waals surface area contributed by atoms with E-state index in [1.54, 1.807) is 0 Å². The first-order valence-electron chi connectivity index (χ1n) is 21.2. The van der Waals surface area contributed by atoms with Crippen molar-refractivity contribution in [3.8, 4) is 0 Å². The van der Waals surface area contributed by atoms with E-state index in [4.69, 9.17) is 183 Å². The fourth-order valence-corrected chi connectivity index (χ4v) is 0.987. The van der Waals surface area contributed by atoms with Crippen LogP contribution in [-0.2, 0) is 157 Å². The molecule has 0 aromatic carbocycles. The van der Waals surface area contributed by atoms with E-state index in [1.165, 1.54) is 0 Å². The van der Waals surface area contributed by atoms with Crippen molar-refractivity contribution >= 4 is 89.5 Å². The molecular weight excluding hydrogens is 1430 g/mol. The second-order valence-electron chi connectivity index (χ2n) is 11.4. The van der Waals surface area contributed by atoms with Gasteiger partial charge in [0.2, 0.25) is 0 Å². The van der Waals surface area contributed by atoms with Crippen molar-refractivity contribution in [2.45, 2.75) is 104 Å². The normalized spacial score (nSPS) is 6.66. The van der Waals surface area contributed by atoms with Crippen molar-refractivity contribution in [1.82, 2.24) is 16.0 Å². The van der Waals surface area contributed by atoms with E-state index in [0.29, 0.717) is 39.3 Å². The van der Waals surface area contributed by atoms with Crippen molar-refractivity contribution in [2.24, 2.45) is 34.4 Å². The molecule has 0 saturated heterocycles. The Hall–Kier alpha value is -5.71. The average Bonchev–Trinajstić information content (AvgIpc) is 3.16. The number of rotatable bonds is 12. The van der Waals surface area contributed by atoms with Crippen molar-refractivity contribution in [2.75, 3.05) is 78.5 Å². The minimum atomic E-state index is -1.08. The molecule has 0 fully saturated rings. The zero-order valence-corrected chi connectivity index (χ0v) is 54.4. The molecule has 0 aliphatic heterocycles. The summed E-state index contributed by atoms with van der Waals surface area (Å²) in [5, 5.41) is 142. The first-order chi connectivity index (χ1) is 36.2. The third-order valence-corrected chi connectivity index (χ3v) is 1.93. The van der Waals surface area contributed by atoms with E-state index in [9.17, 15) is 0 Å². The summed E-state index contributed by atoms with van der Waals surface area (Å²) in [6.07, 6.45) is 0. The van der Waals surface area contributed by atoms with Gasteiger partial charge in [0.15, 0.2) is 0 Å². The molecular formula is C42H84Cu5N9O30. The predicted octanol–water partition coefficient (Wildman–Crippen LogP) is -23.2. The molecule has 0 atom stereocenters. The maximum absolute atomic E-state index is 8.89. The molecule has 15 N–H and O–H groups in total. The van der Waals surface area contributed by atoms with E-state index in [1.807, 2.05) is 0 Å². The Morgan fingerprint density at radius 1 is 0.186 bits per heavy atom. The number of hydrogen-bond acceptors (Lipinski definition) is 39. The Balaban J connectivity index is -0.0000000233. The molecule has 44 heteroatoms. The molecule has 0 bridgehead atoms. The van der Waals surface area contributed by atoms with Crippen LogP contribution < -0.4 is 127 Å². The Morgan fingerprint density at radius 2 is 0.221 bits per heavy atom. The Bertz CT molecular complexity index is 1040. The van der Waals surface area contributed by atoms with Crippen molar-refractivity contribution in [3.05, 3.63) is 0 Å². The van der Waals surface area contributed by atoms with Crippen LogP contribution >= 0.6 is 0 Å². The molecule has 0 amide bonds. The molecule has 0 aromatic heterocycles. The quantitative estimate of drug-likeness (QED) is 0.0647. The molecule has 0 rings (SSSR count). The second kappa shape index (κ2) is 165. The molecule has 0 spiro atoms. The SMILES string of the molecule is CC(=O)[O-].CC(=O)[O-].CC(=O)[O-].CC(=O)[O-].CC(=O)[O-].CC(=O)[O-].CC(=O)[O-].CC(=O)[O-].CC(=O)[O-].CC(=O)[O-].CC(=O)[O-].CC(=O)[O-].CC(=O)[O-].CC(=O)[O-].CC(=O)[O-].NCCNCCN.NCCNCCN.NCCNCCN.[Cu+3].[Cu+3].[Cu+3].[Cu+3].[Cu+3]. The largest absolute Gasteiger partial charge is 3.00 e. The van der Waals surface area contributed by atoms with Crippen molar-refractivity contribution < 1.29 is 234 Å². The van der Waals surface area contributed by atoms with Crippen LogP contribution in [0, 0.1) is 0 Å². The molecule has 0 unspecified atom stereocenters. The summed E-state index contributed by atoms with van der Waals surface area (Å²) >= 11 is 0. The van der Waals surface area contributed by atoms with Crippen LogP contribution in [0.25, 0.3) is 0 Å². The Labute approximate surface area is 553 Å². The van der Waals surface area contributed by atoms with E-state index >= 15 is 0 Å². The molecule has 86 heavy (non-hydrogen) atoms. The standard InChI is InChI=1S/3C4H13N3.15C2H4O2.5Cu/c3*5-1-3-7-4-2-6;15*1-2(3)4;;;;;/h3*7H,1-6H2;15*1H3,(H,3,4);;;;;/q;;;;;;;;;;;;;;;;;;5*+3/p-15. The Morgan fingerprint density at radius 3 is 0.244 bits per heavy atom. The van der Waals surface area contributed by atoms with E-state index < -0.39 is 89.5 Å². The van der Waals surface area contributed by atoms with Crippen LogP contribution in [0.5, 0.6) is 0 Å². The van der Waals surface area contributed by atoms with Gasteiger partial charge in [-0.2, -0.15) is 0 Å². The Kier molecular flexibility index (Phi) is 295. The smallest absolute Gasteiger partial charge is 0.550 e. The van der Waals surface area contributed by atoms with Gasteiger partial charge in [0.1, 0.15) is 0 Å². The van der Waals surface area contributed by atoms with Crippen LogP contribution in [0.1, 0.15) is 104 Å². The molecule has 0 saturated carbocycles. The zero-order chi connectivity index (χ0) is 70.3. The van der Waals surface area contributed by atoms with Crippen molar-refractivity contribution in [3.63, 3.8) is 0 Å². The number of carboxylic acids is 15. The molecule has 0 aliphatic carbocycles. The minimum absolute atomic E-state index is 0. The molecule has 39 nitrogen and oxygen atoms in total. The number of nitrogens with one attached hydrogen (secondary N) is 3. The maximum Gasteiger partial charge on any atom is 3.00 e. The van der Waals surface area contributed by atoms with E-state index in [0.717, 1.165) is 143 Å². The third kappa shape index (κ3) is 11800. The van der Waals surface area contributed by atoms with Gasteiger partial charge in [-0.1, -0.05) is 0 Å². The fourth-order valence-electron chi connectivity index (χ4n) is 0.987. The number of aliphatic carboxylic acids is 15. The first kappa shape index (κ1) is 154. The maximum atomic E-state index is 8.89. The summed E-state index contributed by atoms with van der Waals surface area (Å²) in [6.45, 7) is 24.0. The number of hydrogen-bond donors (Lipinski definition) is 9. The number of carbonyl (C=O) groups is 15. The summed E-state index contributed by atoms with van der Waals surface area (Å²) < 4.78 is 0. The molecule has 0 aliphatic rings. The second-order valence-corrected chi connectivity index (χ2v) is 11.4. The zero-order valence-electron chi connectivity index (χ0n) is 49.7. The van der Waals surface area contributed by atoms with Crippen LogP contribution in [0.3, 0.4) is 0 Å². The van der Waals surface area contributed by atoms with Crippen LogP contribution in [0.4, 0.5) is 0 Å². The van der Waals surface area contributed by atoms with Gasteiger partial charge in [0.25, 0.3) is 0 Å².